The van der Waals surface area contributed by atoms with E-state index in [0.717, 1.165) is 11.6 Å². The molecule has 106 valence electrons. The monoisotopic (exact) mass is 309 g/mol. The van der Waals surface area contributed by atoms with Crippen LogP contribution in [0.15, 0.2) is 30.0 Å². The number of benzene rings is 1. The van der Waals surface area contributed by atoms with Crippen molar-refractivity contribution in [3.05, 3.63) is 45.6 Å². The Morgan fingerprint density at radius 1 is 1.10 bits per heavy atom. The molecule has 2 aliphatic carbocycles. The van der Waals surface area contributed by atoms with E-state index in [1.807, 2.05) is 12.1 Å². The molecule has 1 aliphatic heterocycles. The Hall–Kier alpha value is -0.700. The quantitative estimate of drug-likeness (QED) is 0.796. The van der Waals surface area contributed by atoms with Crippen LogP contribution in [0.1, 0.15) is 37.2 Å². The number of nitrogens with zero attached hydrogens (tertiary/aromatic N) is 1. The maximum atomic E-state index is 6.34. The fraction of sp³-hybridized carbons (Fsp3) is 0.500. The van der Waals surface area contributed by atoms with Gasteiger partial charge in [-0.2, -0.15) is 0 Å². The predicted octanol–water partition coefficient (Wildman–Crippen LogP) is 4.78. The molecular weight excluding hydrogens is 293 g/mol. The molecule has 0 saturated heterocycles. The zero-order valence-electron chi connectivity index (χ0n) is 11.2. The fourth-order valence-corrected chi connectivity index (χ4v) is 3.74. The number of hydrogen-bond donors (Lipinski definition) is 0. The highest BCUT2D eigenvalue weighted by Gasteiger charge is 2.42. The van der Waals surface area contributed by atoms with Crippen molar-refractivity contribution < 1.29 is 4.84 Å². The van der Waals surface area contributed by atoms with E-state index in [-0.39, 0.29) is 0 Å². The first kappa shape index (κ1) is 13.0. The third-order valence-corrected chi connectivity index (χ3v) is 5.21. The Kier molecular flexibility index (Phi) is 3.21. The molecule has 3 aliphatic rings. The zero-order chi connectivity index (χ0) is 13.7. The van der Waals surface area contributed by atoms with Crippen molar-refractivity contribution in [2.75, 3.05) is 6.54 Å². The average molecular weight is 310 g/mol. The van der Waals surface area contributed by atoms with Gasteiger partial charge in [0.05, 0.1) is 12.6 Å². The van der Waals surface area contributed by atoms with Crippen molar-refractivity contribution >= 4 is 23.2 Å². The Balaban J connectivity index is 1.48. The summed E-state index contributed by atoms with van der Waals surface area (Å²) in [5.41, 5.74) is 1.20. The van der Waals surface area contributed by atoms with Crippen LogP contribution in [-0.2, 0) is 4.84 Å². The van der Waals surface area contributed by atoms with Gasteiger partial charge in [0.1, 0.15) is 5.76 Å². The minimum Gasteiger partial charge on any atom is -0.410 e. The van der Waals surface area contributed by atoms with E-state index in [1.165, 1.54) is 37.0 Å². The summed E-state index contributed by atoms with van der Waals surface area (Å²) >= 11 is 12.3. The van der Waals surface area contributed by atoms with Crippen LogP contribution in [0.2, 0.25) is 10.0 Å². The van der Waals surface area contributed by atoms with Crippen molar-refractivity contribution in [3.63, 3.8) is 0 Å². The van der Waals surface area contributed by atoms with Crippen molar-refractivity contribution in [1.29, 1.82) is 0 Å². The molecule has 20 heavy (non-hydrogen) atoms. The third kappa shape index (κ3) is 2.24. The van der Waals surface area contributed by atoms with Crippen molar-refractivity contribution in [3.8, 4) is 0 Å². The van der Waals surface area contributed by atoms with Crippen LogP contribution in [0.25, 0.3) is 0 Å². The summed E-state index contributed by atoms with van der Waals surface area (Å²) < 4.78 is 0. The van der Waals surface area contributed by atoms with Crippen LogP contribution in [0, 0.1) is 5.92 Å². The van der Waals surface area contributed by atoms with Crippen LogP contribution < -0.4 is 0 Å². The molecule has 1 aromatic carbocycles. The third-order valence-electron chi connectivity index (χ3n) is 4.64. The lowest BCUT2D eigenvalue weighted by Gasteiger charge is -2.42. The first-order valence-electron chi connectivity index (χ1n) is 7.32. The van der Waals surface area contributed by atoms with Gasteiger partial charge in [-0.15, -0.1) is 5.06 Å². The Morgan fingerprint density at radius 2 is 1.95 bits per heavy atom. The minimum atomic E-state index is 0.446. The number of hydroxylamine groups is 2. The van der Waals surface area contributed by atoms with Gasteiger partial charge in [-0.1, -0.05) is 29.3 Å². The summed E-state index contributed by atoms with van der Waals surface area (Å²) in [4.78, 5) is 6.03. The second-order valence-electron chi connectivity index (χ2n) is 5.99. The van der Waals surface area contributed by atoms with Gasteiger partial charge in [0.15, 0.2) is 0 Å². The van der Waals surface area contributed by atoms with Crippen molar-refractivity contribution in [1.82, 2.24) is 5.06 Å². The fourth-order valence-electron chi connectivity index (χ4n) is 3.19. The summed E-state index contributed by atoms with van der Waals surface area (Å²) in [5.74, 6) is 2.35. The molecule has 2 saturated carbocycles. The molecule has 0 unspecified atom stereocenters. The molecule has 0 radical (unpaired) electrons. The lowest BCUT2D eigenvalue weighted by molar-refractivity contribution is -0.154. The Labute approximate surface area is 129 Å². The van der Waals surface area contributed by atoms with Crippen LogP contribution >= 0.6 is 23.2 Å². The molecule has 1 aromatic rings. The predicted molar refractivity (Wildman–Crippen MR) is 80.8 cm³/mol. The lowest BCUT2D eigenvalue weighted by atomic mass is 9.75. The van der Waals surface area contributed by atoms with Gasteiger partial charge >= 0.3 is 0 Å². The maximum absolute atomic E-state index is 6.34. The Bertz CT molecular complexity index is 568. The molecule has 0 spiro atoms. The van der Waals surface area contributed by atoms with Gasteiger partial charge in [0.2, 0.25) is 0 Å². The van der Waals surface area contributed by atoms with Crippen molar-refractivity contribution in [2.45, 2.75) is 37.6 Å². The average Bonchev–Trinajstić information content (AvgIpc) is 3.12. The Morgan fingerprint density at radius 3 is 2.60 bits per heavy atom. The van der Waals surface area contributed by atoms with E-state index >= 15 is 0 Å². The summed E-state index contributed by atoms with van der Waals surface area (Å²) in [6.07, 6.45) is 7.17. The van der Waals surface area contributed by atoms with E-state index in [4.69, 9.17) is 28.0 Å². The SMILES string of the molecule is Clc1ccc([C@@H]2CC[C@@H]2N2CC=C(C3CC3)O2)c(Cl)c1. The molecule has 0 bridgehead atoms. The maximum Gasteiger partial charge on any atom is 0.125 e. The van der Waals surface area contributed by atoms with Crippen LogP contribution in [0.3, 0.4) is 0 Å². The molecule has 4 rings (SSSR count). The van der Waals surface area contributed by atoms with Gasteiger partial charge in [-0.3, -0.25) is 0 Å². The number of halogens is 2. The van der Waals surface area contributed by atoms with E-state index in [9.17, 15) is 0 Å². The number of hydrogen-bond acceptors (Lipinski definition) is 2. The smallest absolute Gasteiger partial charge is 0.125 e. The van der Waals surface area contributed by atoms with Gasteiger partial charge in [0.25, 0.3) is 0 Å². The standard InChI is InChI=1S/C16H17Cl2NO/c17-11-3-4-12(14(18)9-11)13-5-6-15(13)19-8-7-16(20-19)10-1-2-10/h3-4,7,9-10,13,15H,1-2,5-6,8H2/t13-,15-/m0/s1. The van der Waals surface area contributed by atoms with E-state index in [2.05, 4.69) is 17.2 Å². The van der Waals surface area contributed by atoms with Crippen molar-refractivity contribution in [2.24, 2.45) is 5.92 Å². The first-order chi connectivity index (χ1) is 9.72. The second kappa shape index (κ2) is 4.94. The summed E-state index contributed by atoms with van der Waals surface area (Å²) in [6, 6.07) is 6.28. The largest absolute Gasteiger partial charge is 0.410 e. The molecule has 0 amide bonds. The van der Waals surface area contributed by atoms with Gasteiger partial charge < -0.3 is 4.84 Å². The number of allylic oxidation sites excluding steroid dienone is 1. The van der Waals surface area contributed by atoms with Gasteiger partial charge in [-0.25, -0.2) is 0 Å². The highest BCUT2D eigenvalue weighted by atomic mass is 35.5. The second-order valence-corrected chi connectivity index (χ2v) is 6.83. The van der Waals surface area contributed by atoms with E-state index in [0.29, 0.717) is 22.9 Å². The molecule has 4 heteroatoms. The van der Waals surface area contributed by atoms with Crippen LogP contribution in [0.4, 0.5) is 0 Å². The molecule has 1 heterocycles. The summed E-state index contributed by atoms with van der Waals surface area (Å²) in [5, 5.41) is 3.62. The van der Waals surface area contributed by atoms with Gasteiger partial charge in [0, 0.05) is 21.9 Å². The summed E-state index contributed by atoms with van der Waals surface area (Å²) in [7, 11) is 0. The highest BCUT2D eigenvalue weighted by Crippen LogP contribution is 2.46. The lowest BCUT2D eigenvalue weighted by Crippen LogP contribution is -2.44. The number of rotatable bonds is 3. The zero-order valence-corrected chi connectivity index (χ0v) is 12.7. The highest BCUT2D eigenvalue weighted by molar-refractivity contribution is 6.35. The summed E-state index contributed by atoms with van der Waals surface area (Å²) in [6.45, 7) is 0.915. The molecule has 2 fully saturated rings. The molecule has 2 nitrogen and oxygen atoms in total. The first-order valence-corrected chi connectivity index (χ1v) is 8.07. The van der Waals surface area contributed by atoms with Crippen LogP contribution in [-0.4, -0.2) is 17.6 Å². The minimum absolute atomic E-state index is 0.446. The molecular formula is C16H17Cl2NO. The molecule has 0 N–H and O–H groups in total. The topological polar surface area (TPSA) is 12.5 Å². The molecule has 0 aromatic heterocycles. The van der Waals surface area contributed by atoms with Crippen LogP contribution in [0.5, 0.6) is 0 Å². The molecule has 2 atom stereocenters. The van der Waals surface area contributed by atoms with E-state index < -0.39 is 0 Å². The van der Waals surface area contributed by atoms with Gasteiger partial charge in [-0.05, 0) is 49.5 Å². The van der Waals surface area contributed by atoms with E-state index in [1.54, 1.807) is 0 Å². The normalized spacial score (nSPS) is 29.8.